The number of likely N-dealkylation sites (tertiary alicyclic amines) is 1. The molecule has 1 amide bonds. The summed E-state index contributed by atoms with van der Waals surface area (Å²) in [6, 6.07) is 10.7. The van der Waals surface area contributed by atoms with Gasteiger partial charge in [0.25, 0.3) is 0 Å². The first-order valence-electron chi connectivity index (χ1n) is 13.6. The lowest BCUT2D eigenvalue weighted by Gasteiger charge is -2.35. The van der Waals surface area contributed by atoms with E-state index >= 15 is 0 Å². The SMILES string of the molecule is CS(=O)(=O)N1CCC(C(=O)N(CCCN2CCC(C(c3ccc(F)cc3)=S(=O)=O)CC2)c2ccc(Cl)c(Cl)c2)CC1. The number of anilines is 1. The van der Waals surface area contributed by atoms with E-state index < -0.39 is 26.1 Å². The summed E-state index contributed by atoms with van der Waals surface area (Å²) in [5, 5.41) is 0.739. The Kier molecular flexibility index (Phi) is 10.9. The van der Waals surface area contributed by atoms with Crippen molar-refractivity contribution in [1.29, 1.82) is 0 Å². The molecule has 2 aliphatic heterocycles. The zero-order chi connectivity index (χ0) is 29.7. The second kappa shape index (κ2) is 14.0. The number of carbonyl (C=O) groups excluding carboxylic acids is 1. The summed E-state index contributed by atoms with van der Waals surface area (Å²) < 4.78 is 62.6. The van der Waals surface area contributed by atoms with Crippen molar-refractivity contribution in [2.45, 2.75) is 32.1 Å². The normalized spacial score (nSPS) is 17.9. The Hall–Kier alpha value is -2.02. The molecule has 2 aromatic carbocycles. The summed E-state index contributed by atoms with van der Waals surface area (Å²) in [6.07, 6.45) is 4.09. The van der Waals surface area contributed by atoms with Gasteiger partial charge in [0.2, 0.25) is 26.2 Å². The maximum Gasteiger partial charge on any atom is 0.230 e. The average Bonchev–Trinajstić information content (AvgIpc) is 2.94. The lowest BCUT2D eigenvalue weighted by Crippen LogP contribution is -2.45. The first-order chi connectivity index (χ1) is 19.4. The summed E-state index contributed by atoms with van der Waals surface area (Å²) in [5.41, 5.74) is 1.17. The average molecular weight is 647 g/mol. The van der Waals surface area contributed by atoms with E-state index in [-0.39, 0.29) is 17.7 Å². The number of nitrogens with zero attached hydrogens (tertiary/aromatic N) is 3. The van der Waals surface area contributed by atoms with Crippen LogP contribution in [0.3, 0.4) is 0 Å². The number of rotatable bonds is 9. The van der Waals surface area contributed by atoms with E-state index in [0.29, 0.717) is 91.0 Å². The van der Waals surface area contributed by atoms with Crippen molar-refractivity contribution in [1.82, 2.24) is 9.21 Å². The highest BCUT2D eigenvalue weighted by atomic mass is 35.5. The smallest absolute Gasteiger partial charge is 0.230 e. The molecule has 2 fully saturated rings. The van der Waals surface area contributed by atoms with Gasteiger partial charge in [-0.3, -0.25) is 4.79 Å². The number of sulfonamides is 1. The molecule has 2 aromatic rings. The highest BCUT2D eigenvalue weighted by Gasteiger charge is 2.32. The van der Waals surface area contributed by atoms with Crippen LogP contribution in [-0.4, -0.2) is 82.3 Å². The summed E-state index contributed by atoms with van der Waals surface area (Å²) in [5.74, 6) is -0.909. The quantitative estimate of drug-likeness (QED) is 0.297. The molecule has 4 rings (SSSR count). The second-order valence-electron chi connectivity index (χ2n) is 10.6. The molecule has 0 N–H and O–H groups in total. The third-order valence-corrected chi connectivity index (χ3v) is 10.8. The number of hydrogen-bond acceptors (Lipinski definition) is 6. The molecular weight excluding hydrogens is 612 g/mol. The molecule has 0 bridgehead atoms. The number of hydrogen-bond donors (Lipinski definition) is 0. The second-order valence-corrected chi connectivity index (χ2v) is 14.3. The van der Waals surface area contributed by atoms with E-state index in [1.165, 1.54) is 34.8 Å². The van der Waals surface area contributed by atoms with Gasteiger partial charge in [-0.25, -0.2) is 17.1 Å². The van der Waals surface area contributed by atoms with Crippen LogP contribution in [0.5, 0.6) is 0 Å². The van der Waals surface area contributed by atoms with Gasteiger partial charge in [0.05, 0.1) is 21.2 Å². The van der Waals surface area contributed by atoms with Gasteiger partial charge in [-0.2, -0.15) is 8.42 Å². The van der Waals surface area contributed by atoms with Crippen molar-refractivity contribution in [3.05, 3.63) is 63.9 Å². The zero-order valence-corrected chi connectivity index (χ0v) is 26.0. The minimum atomic E-state index is -3.30. The Morgan fingerprint density at radius 1 is 0.951 bits per heavy atom. The Labute approximate surface area is 252 Å². The van der Waals surface area contributed by atoms with E-state index in [0.717, 1.165) is 6.54 Å². The fraction of sp³-hybridized carbons (Fsp3) is 0.500. The Morgan fingerprint density at radius 3 is 2.12 bits per heavy atom. The molecule has 0 saturated carbocycles. The number of piperidine rings is 2. The maximum atomic E-state index is 13.7. The molecule has 0 spiro atoms. The summed E-state index contributed by atoms with van der Waals surface area (Å²) >= 11 is 12.4. The third kappa shape index (κ3) is 8.30. The monoisotopic (exact) mass is 645 g/mol. The molecule has 2 saturated heterocycles. The van der Waals surface area contributed by atoms with E-state index in [9.17, 15) is 26.0 Å². The van der Waals surface area contributed by atoms with Crippen LogP contribution in [0, 0.1) is 17.7 Å². The van der Waals surface area contributed by atoms with Gasteiger partial charge < -0.3 is 9.80 Å². The largest absolute Gasteiger partial charge is 0.312 e. The van der Waals surface area contributed by atoms with Crippen LogP contribution >= 0.6 is 23.2 Å². The van der Waals surface area contributed by atoms with Gasteiger partial charge >= 0.3 is 0 Å². The van der Waals surface area contributed by atoms with Gasteiger partial charge in [0.1, 0.15) is 5.82 Å². The van der Waals surface area contributed by atoms with Crippen LogP contribution in [0.15, 0.2) is 42.5 Å². The number of amides is 1. The first-order valence-corrected chi connectivity index (χ1v) is 17.3. The van der Waals surface area contributed by atoms with Crippen molar-refractivity contribution in [2.75, 3.05) is 50.4 Å². The van der Waals surface area contributed by atoms with Crippen LogP contribution in [0.1, 0.15) is 37.7 Å². The number of halogens is 3. The van der Waals surface area contributed by atoms with Crippen molar-refractivity contribution < 1.29 is 26.0 Å². The van der Waals surface area contributed by atoms with E-state index in [1.54, 1.807) is 23.1 Å². The lowest BCUT2D eigenvalue weighted by atomic mass is 9.90. The predicted molar refractivity (Wildman–Crippen MR) is 161 cm³/mol. The number of carbonyl (C=O) groups is 1. The molecule has 8 nitrogen and oxygen atoms in total. The fourth-order valence-electron chi connectivity index (χ4n) is 5.63. The molecule has 13 heteroatoms. The minimum absolute atomic E-state index is 0.0632. The lowest BCUT2D eigenvalue weighted by molar-refractivity contribution is -0.123. The topological polar surface area (TPSA) is 95.1 Å². The molecule has 0 aliphatic carbocycles. The van der Waals surface area contributed by atoms with Crippen molar-refractivity contribution in [3.63, 3.8) is 0 Å². The molecule has 0 unspecified atom stereocenters. The molecular formula is C28H34Cl2FN3O5S2. The van der Waals surface area contributed by atoms with E-state index in [1.807, 2.05) is 0 Å². The highest BCUT2D eigenvalue weighted by molar-refractivity contribution is 7.88. The van der Waals surface area contributed by atoms with Gasteiger partial charge in [-0.1, -0.05) is 35.3 Å². The van der Waals surface area contributed by atoms with Gasteiger partial charge in [0.15, 0.2) is 0 Å². The molecule has 2 aliphatic rings. The van der Waals surface area contributed by atoms with Crippen LogP contribution < -0.4 is 4.90 Å². The molecule has 0 radical (unpaired) electrons. The first kappa shape index (κ1) is 31.9. The summed E-state index contributed by atoms with van der Waals surface area (Å²) in [7, 11) is -5.69. The van der Waals surface area contributed by atoms with E-state index in [2.05, 4.69) is 4.90 Å². The minimum Gasteiger partial charge on any atom is -0.312 e. The number of benzene rings is 2. The third-order valence-electron chi connectivity index (χ3n) is 7.88. The van der Waals surface area contributed by atoms with Crippen LogP contribution in [0.2, 0.25) is 10.0 Å². The van der Waals surface area contributed by atoms with Crippen molar-refractivity contribution in [2.24, 2.45) is 11.8 Å². The van der Waals surface area contributed by atoms with Crippen molar-refractivity contribution >= 4 is 60.0 Å². The van der Waals surface area contributed by atoms with Gasteiger partial charge in [-0.05, 0) is 87.6 Å². The molecule has 224 valence electrons. The Bertz CT molecular complexity index is 1480. The standard InChI is InChI=1S/C28H34Cl2FN3O5S2/c1-41(38,39)33-17-11-22(12-18-33)28(35)34(24-7-8-25(29)26(30)19-24)14-2-13-32-15-9-21(10-16-32)27(40(36)37)20-3-5-23(31)6-4-20/h3-8,19,21-22H,2,9-18H2,1H3. The van der Waals surface area contributed by atoms with Crippen LogP contribution in [0.4, 0.5) is 10.1 Å². The molecule has 0 atom stereocenters. The summed E-state index contributed by atoms with van der Waals surface area (Å²) in [6.45, 7) is 3.20. The molecule has 41 heavy (non-hydrogen) atoms. The maximum absolute atomic E-state index is 13.7. The fourth-order valence-corrected chi connectivity index (χ4v) is 7.63. The molecule has 0 aromatic heterocycles. The highest BCUT2D eigenvalue weighted by Crippen LogP contribution is 2.30. The Morgan fingerprint density at radius 2 is 1.56 bits per heavy atom. The van der Waals surface area contributed by atoms with Crippen LogP contribution in [0.25, 0.3) is 0 Å². The van der Waals surface area contributed by atoms with E-state index in [4.69, 9.17) is 23.2 Å². The Balaban J connectivity index is 1.37. The zero-order valence-electron chi connectivity index (χ0n) is 22.8. The van der Waals surface area contributed by atoms with Gasteiger partial charge in [0, 0.05) is 37.2 Å². The molecule has 2 heterocycles. The van der Waals surface area contributed by atoms with Gasteiger partial charge in [-0.15, -0.1) is 0 Å². The summed E-state index contributed by atoms with van der Waals surface area (Å²) in [4.78, 5) is 18.0. The van der Waals surface area contributed by atoms with Crippen molar-refractivity contribution in [3.8, 4) is 0 Å². The predicted octanol–water partition coefficient (Wildman–Crippen LogP) is 4.34. The van der Waals surface area contributed by atoms with Crippen LogP contribution in [-0.2, 0) is 25.1 Å².